The molecule has 2 aromatic carbocycles. The van der Waals surface area contributed by atoms with Gasteiger partial charge in [0.2, 0.25) is 5.91 Å². The molecule has 1 fully saturated rings. The standard InChI is InChI=1S/C18H21N3O2/c1-13-17(19-11-12-23-13)18(22)21-16-9-7-15(8-10-16)20-14-5-3-2-4-6-14/h2-10,13,17,19-20H,11-12H2,1H3,(H,21,22)/t13-,17+/m1/s1. The molecule has 3 N–H and O–H groups in total. The van der Waals surface area contributed by atoms with E-state index in [9.17, 15) is 4.79 Å². The minimum Gasteiger partial charge on any atom is -0.375 e. The molecule has 0 aliphatic carbocycles. The van der Waals surface area contributed by atoms with Gasteiger partial charge in [0.1, 0.15) is 6.04 Å². The van der Waals surface area contributed by atoms with Gasteiger partial charge in [-0.3, -0.25) is 4.79 Å². The zero-order valence-electron chi connectivity index (χ0n) is 13.1. The van der Waals surface area contributed by atoms with Crippen LogP contribution in [-0.2, 0) is 9.53 Å². The molecule has 2 aromatic rings. The molecule has 0 aromatic heterocycles. The summed E-state index contributed by atoms with van der Waals surface area (Å²) in [5, 5.41) is 9.42. The first kappa shape index (κ1) is 15.5. The SMILES string of the molecule is C[C@H]1OCCN[C@@H]1C(=O)Nc1ccc(Nc2ccccc2)cc1. The van der Waals surface area contributed by atoms with Gasteiger partial charge in [-0.05, 0) is 43.3 Å². The third-order valence-corrected chi connectivity index (χ3v) is 3.81. The van der Waals surface area contributed by atoms with Crippen molar-refractivity contribution in [2.45, 2.75) is 19.1 Å². The summed E-state index contributed by atoms with van der Waals surface area (Å²) in [5.74, 6) is -0.0685. The molecule has 1 aliphatic heterocycles. The van der Waals surface area contributed by atoms with Crippen LogP contribution >= 0.6 is 0 Å². The molecular weight excluding hydrogens is 290 g/mol. The third-order valence-electron chi connectivity index (χ3n) is 3.81. The van der Waals surface area contributed by atoms with E-state index >= 15 is 0 Å². The number of carbonyl (C=O) groups is 1. The lowest BCUT2D eigenvalue weighted by atomic mass is 10.1. The molecule has 120 valence electrons. The largest absolute Gasteiger partial charge is 0.375 e. The molecule has 0 spiro atoms. The zero-order chi connectivity index (χ0) is 16.1. The van der Waals surface area contributed by atoms with E-state index in [1.54, 1.807) is 0 Å². The first-order chi connectivity index (χ1) is 11.2. The minimum atomic E-state index is -0.314. The second-order valence-corrected chi connectivity index (χ2v) is 5.57. The van der Waals surface area contributed by atoms with Crippen LogP contribution in [0.5, 0.6) is 0 Å². The highest BCUT2D eigenvalue weighted by Crippen LogP contribution is 2.19. The quantitative estimate of drug-likeness (QED) is 0.812. The third kappa shape index (κ3) is 4.09. The predicted molar refractivity (Wildman–Crippen MR) is 92.0 cm³/mol. The highest BCUT2D eigenvalue weighted by Gasteiger charge is 2.28. The van der Waals surface area contributed by atoms with Gasteiger partial charge in [0, 0.05) is 23.6 Å². The van der Waals surface area contributed by atoms with Crippen LogP contribution in [0.4, 0.5) is 17.1 Å². The Balaban J connectivity index is 1.60. The number of amides is 1. The summed E-state index contributed by atoms with van der Waals surface area (Å²) < 4.78 is 5.50. The number of carbonyl (C=O) groups excluding carboxylic acids is 1. The molecule has 5 nitrogen and oxygen atoms in total. The molecule has 0 saturated carbocycles. The number of para-hydroxylation sites is 1. The van der Waals surface area contributed by atoms with Crippen molar-refractivity contribution in [3.8, 4) is 0 Å². The first-order valence-corrected chi connectivity index (χ1v) is 7.80. The number of hydrogen-bond donors (Lipinski definition) is 3. The molecule has 0 unspecified atom stereocenters. The first-order valence-electron chi connectivity index (χ1n) is 7.80. The summed E-state index contributed by atoms with van der Waals surface area (Å²) >= 11 is 0. The van der Waals surface area contributed by atoms with Gasteiger partial charge in [0.05, 0.1) is 12.7 Å². The van der Waals surface area contributed by atoms with Crippen molar-refractivity contribution < 1.29 is 9.53 Å². The Labute approximate surface area is 136 Å². The van der Waals surface area contributed by atoms with E-state index < -0.39 is 0 Å². The Hall–Kier alpha value is -2.37. The highest BCUT2D eigenvalue weighted by molar-refractivity contribution is 5.95. The average molecular weight is 311 g/mol. The topological polar surface area (TPSA) is 62.4 Å². The maximum absolute atomic E-state index is 12.3. The van der Waals surface area contributed by atoms with Crippen LogP contribution in [0.25, 0.3) is 0 Å². The highest BCUT2D eigenvalue weighted by atomic mass is 16.5. The number of benzene rings is 2. The predicted octanol–water partition coefficient (Wildman–Crippen LogP) is 2.75. The van der Waals surface area contributed by atoms with E-state index in [-0.39, 0.29) is 18.1 Å². The summed E-state index contributed by atoms with van der Waals surface area (Å²) in [7, 11) is 0. The van der Waals surface area contributed by atoms with E-state index in [0.717, 1.165) is 17.1 Å². The molecule has 2 atom stereocenters. The van der Waals surface area contributed by atoms with Crippen molar-refractivity contribution in [3.05, 3.63) is 54.6 Å². The number of morpholine rings is 1. The van der Waals surface area contributed by atoms with Crippen LogP contribution in [-0.4, -0.2) is 31.2 Å². The van der Waals surface area contributed by atoms with Crippen molar-refractivity contribution in [3.63, 3.8) is 0 Å². The molecule has 1 saturated heterocycles. The van der Waals surface area contributed by atoms with Gasteiger partial charge in [-0.15, -0.1) is 0 Å². The van der Waals surface area contributed by atoms with Gasteiger partial charge in [-0.1, -0.05) is 18.2 Å². The summed E-state index contributed by atoms with van der Waals surface area (Å²) in [4.78, 5) is 12.3. The monoisotopic (exact) mass is 311 g/mol. The number of ether oxygens (including phenoxy) is 1. The van der Waals surface area contributed by atoms with Crippen molar-refractivity contribution in [1.82, 2.24) is 5.32 Å². The van der Waals surface area contributed by atoms with Crippen LogP contribution in [0.15, 0.2) is 54.6 Å². The van der Waals surface area contributed by atoms with Crippen molar-refractivity contribution >= 4 is 23.0 Å². The lowest BCUT2D eigenvalue weighted by Crippen LogP contribution is -2.53. The van der Waals surface area contributed by atoms with Crippen LogP contribution in [0.2, 0.25) is 0 Å². The molecule has 5 heteroatoms. The molecule has 0 bridgehead atoms. The molecule has 23 heavy (non-hydrogen) atoms. The molecule has 3 rings (SSSR count). The molecular formula is C18H21N3O2. The van der Waals surface area contributed by atoms with E-state index in [1.165, 1.54) is 0 Å². The van der Waals surface area contributed by atoms with Crippen LogP contribution in [0.1, 0.15) is 6.92 Å². The normalized spacial score (nSPS) is 20.7. The van der Waals surface area contributed by atoms with Crippen molar-refractivity contribution in [2.24, 2.45) is 0 Å². The molecule has 1 aliphatic rings. The van der Waals surface area contributed by atoms with Crippen molar-refractivity contribution in [2.75, 3.05) is 23.8 Å². The number of nitrogens with one attached hydrogen (secondary N) is 3. The maximum atomic E-state index is 12.3. The minimum absolute atomic E-state index is 0.0685. The summed E-state index contributed by atoms with van der Waals surface area (Å²) in [5.41, 5.74) is 2.77. The maximum Gasteiger partial charge on any atom is 0.244 e. The van der Waals surface area contributed by atoms with Crippen LogP contribution in [0, 0.1) is 0 Å². The van der Waals surface area contributed by atoms with Gasteiger partial charge < -0.3 is 20.7 Å². The van der Waals surface area contributed by atoms with Gasteiger partial charge in [-0.25, -0.2) is 0 Å². The number of anilines is 3. The zero-order valence-corrected chi connectivity index (χ0v) is 13.1. The second-order valence-electron chi connectivity index (χ2n) is 5.57. The Morgan fingerprint density at radius 3 is 2.39 bits per heavy atom. The fraction of sp³-hybridized carbons (Fsp3) is 0.278. The Bertz CT molecular complexity index is 643. The van der Waals surface area contributed by atoms with Gasteiger partial charge in [0.15, 0.2) is 0 Å². The second kappa shape index (κ2) is 7.26. The Morgan fingerprint density at radius 2 is 1.70 bits per heavy atom. The molecule has 0 radical (unpaired) electrons. The van der Waals surface area contributed by atoms with Crippen LogP contribution < -0.4 is 16.0 Å². The molecule has 1 amide bonds. The lowest BCUT2D eigenvalue weighted by molar-refractivity contribution is -0.123. The summed E-state index contributed by atoms with van der Waals surface area (Å²) in [6.45, 7) is 3.25. The smallest absolute Gasteiger partial charge is 0.244 e. The van der Waals surface area contributed by atoms with Gasteiger partial charge in [-0.2, -0.15) is 0 Å². The lowest BCUT2D eigenvalue weighted by Gasteiger charge is -2.29. The van der Waals surface area contributed by atoms with E-state index in [2.05, 4.69) is 16.0 Å². The van der Waals surface area contributed by atoms with Gasteiger partial charge in [0.25, 0.3) is 0 Å². The van der Waals surface area contributed by atoms with E-state index in [0.29, 0.717) is 13.2 Å². The fourth-order valence-electron chi connectivity index (χ4n) is 2.57. The Morgan fingerprint density at radius 1 is 1.04 bits per heavy atom. The fourth-order valence-corrected chi connectivity index (χ4v) is 2.57. The van der Waals surface area contributed by atoms with E-state index in [4.69, 9.17) is 4.74 Å². The summed E-state index contributed by atoms with van der Waals surface area (Å²) in [6.07, 6.45) is -0.122. The van der Waals surface area contributed by atoms with Crippen molar-refractivity contribution in [1.29, 1.82) is 0 Å². The molecule has 1 heterocycles. The number of hydrogen-bond acceptors (Lipinski definition) is 4. The Kier molecular flexibility index (Phi) is 4.90. The van der Waals surface area contributed by atoms with E-state index in [1.807, 2.05) is 61.5 Å². The van der Waals surface area contributed by atoms with Gasteiger partial charge >= 0.3 is 0 Å². The van der Waals surface area contributed by atoms with Crippen LogP contribution in [0.3, 0.4) is 0 Å². The summed E-state index contributed by atoms with van der Waals surface area (Å²) in [6, 6.07) is 17.3. The number of rotatable bonds is 4. The average Bonchev–Trinajstić information content (AvgIpc) is 2.58.